The molecule has 0 aromatic rings. The van der Waals surface area contributed by atoms with Crippen LogP contribution in [0.4, 0.5) is 4.79 Å². The van der Waals surface area contributed by atoms with Crippen LogP contribution >= 0.6 is 0 Å². The minimum absolute atomic E-state index is 0.390. The maximum absolute atomic E-state index is 11.6. The van der Waals surface area contributed by atoms with Gasteiger partial charge in [-0.3, -0.25) is 4.99 Å². The third kappa shape index (κ3) is 12.5. The molecule has 1 heterocycles. The molecule has 1 saturated heterocycles. The fourth-order valence-corrected chi connectivity index (χ4v) is 3.13. The van der Waals surface area contributed by atoms with E-state index in [9.17, 15) is 4.79 Å². The fourth-order valence-electron chi connectivity index (χ4n) is 3.13. The fraction of sp³-hybridized carbons (Fsp3) is 0.900. The molecule has 0 aliphatic carbocycles. The van der Waals surface area contributed by atoms with Crippen LogP contribution in [0.5, 0.6) is 0 Å². The second kappa shape index (κ2) is 12.8. The molecule has 3 N–H and O–H groups in total. The number of rotatable bonds is 9. The van der Waals surface area contributed by atoms with Crippen LogP contribution < -0.4 is 16.0 Å². The van der Waals surface area contributed by atoms with Gasteiger partial charge in [0.2, 0.25) is 0 Å². The van der Waals surface area contributed by atoms with Gasteiger partial charge in [0.1, 0.15) is 5.60 Å². The van der Waals surface area contributed by atoms with E-state index < -0.39 is 11.7 Å². The summed E-state index contributed by atoms with van der Waals surface area (Å²) < 4.78 is 5.21. The number of unbranched alkanes of at least 4 members (excludes halogenated alkanes) is 1. The quantitative estimate of drug-likeness (QED) is 0.324. The second-order valence-corrected chi connectivity index (χ2v) is 8.37. The monoisotopic (exact) mass is 383 g/mol. The average molecular weight is 384 g/mol. The highest BCUT2D eigenvalue weighted by atomic mass is 16.6. The average Bonchev–Trinajstić information content (AvgIpc) is 2.56. The molecule has 1 atom stereocenters. The Morgan fingerprint density at radius 3 is 2.59 bits per heavy atom. The van der Waals surface area contributed by atoms with E-state index in [1.807, 2.05) is 27.7 Å². The molecule has 0 bridgehead atoms. The number of hydrogen-bond acceptors (Lipinski definition) is 4. The van der Waals surface area contributed by atoms with E-state index in [0.717, 1.165) is 31.4 Å². The van der Waals surface area contributed by atoms with Gasteiger partial charge in [-0.25, -0.2) is 4.79 Å². The van der Waals surface area contributed by atoms with Crippen molar-refractivity contribution in [3.05, 3.63) is 0 Å². The summed E-state index contributed by atoms with van der Waals surface area (Å²) in [7, 11) is 0. The molecule has 1 aliphatic rings. The van der Waals surface area contributed by atoms with Crippen LogP contribution in [-0.2, 0) is 4.74 Å². The molecule has 0 aromatic carbocycles. The molecular formula is C20H41N5O2. The summed E-state index contributed by atoms with van der Waals surface area (Å²) in [4.78, 5) is 18.8. The van der Waals surface area contributed by atoms with Crippen molar-refractivity contribution in [1.29, 1.82) is 0 Å². The number of nitrogens with zero attached hydrogens (tertiary/aromatic N) is 2. The molecule has 1 fully saturated rings. The smallest absolute Gasteiger partial charge is 0.407 e. The molecule has 1 unspecified atom stereocenters. The predicted molar refractivity (Wildman–Crippen MR) is 112 cm³/mol. The molecular weight excluding hydrogens is 342 g/mol. The molecule has 7 heteroatoms. The maximum Gasteiger partial charge on any atom is 0.407 e. The highest BCUT2D eigenvalue weighted by Gasteiger charge is 2.16. The van der Waals surface area contributed by atoms with Crippen LogP contribution in [-0.4, -0.2) is 68.4 Å². The number of guanidine groups is 1. The van der Waals surface area contributed by atoms with Gasteiger partial charge >= 0.3 is 6.09 Å². The number of ether oxygens (including phenoxy) is 1. The Morgan fingerprint density at radius 1 is 1.19 bits per heavy atom. The lowest BCUT2D eigenvalue weighted by molar-refractivity contribution is 0.0529. The molecule has 7 nitrogen and oxygen atoms in total. The van der Waals surface area contributed by atoms with Gasteiger partial charge in [0, 0.05) is 32.7 Å². The first-order chi connectivity index (χ1) is 12.8. The van der Waals surface area contributed by atoms with Crippen molar-refractivity contribution >= 4 is 12.1 Å². The number of alkyl carbamates (subject to hydrolysis) is 1. The number of nitrogens with one attached hydrogen (secondary N) is 3. The SMILES string of the molecule is CCNC(=NCCCCN1CCCC(C)C1)NCCNC(=O)OC(C)(C)C. The van der Waals surface area contributed by atoms with Crippen LogP contribution in [0.3, 0.4) is 0 Å². The first-order valence-electron chi connectivity index (χ1n) is 10.5. The van der Waals surface area contributed by atoms with Gasteiger partial charge in [0.05, 0.1) is 0 Å². The highest BCUT2D eigenvalue weighted by molar-refractivity contribution is 5.79. The Kier molecular flexibility index (Phi) is 11.2. The zero-order valence-corrected chi connectivity index (χ0v) is 18.1. The van der Waals surface area contributed by atoms with Crippen molar-refractivity contribution in [2.24, 2.45) is 10.9 Å². The molecule has 0 aromatic heterocycles. The summed E-state index contributed by atoms with van der Waals surface area (Å²) in [5.74, 6) is 1.64. The van der Waals surface area contributed by atoms with Crippen molar-refractivity contribution in [2.45, 2.75) is 65.9 Å². The third-order valence-electron chi connectivity index (χ3n) is 4.32. The zero-order valence-electron chi connectivity index (χ0n) is 18.1. The Balaban J connectivity index is 2.16. The van der Waals surface area contributed by atoms with E-state index >= 15 is 0 Å². The molecule has 0 spiro atoms. The molecule has 0 saturated carbocycles. The number of hydrogen-bond donors (Lipinski definition) is 3. The van der Waals surface area contributed by atoms with Crippen molar-refractivity contribution in [3.63, 3.8) is 0 Å². The lowest BCUT2D eigenvalue weighted by Crippen LogP contribution is -2.42. The number of carbonyl (C=O) groups excluding carboxylic acids is 1. The first-order valence-corrected chi connectivity index (χ1v) is 10.5. The van der Waals surface area contributed by atoms with Crippen molar-refractivity contribution in [2.75, 3.05) is 45.8 Å². The topological polar surface area (TPSA) is 78.0 Å². The Labute approximate surface area is 165 Å². The van der Waals surface area contributed by atoms with Crippen molar-refractivity contribution in [3.8, 4) is 0 Å². The molecule has 158 valence electrons. The summed E-state index contributed by atoms with van der Waals surface area (Å²) in [6.07, 6.45) is 4.61. The van der Waals surface area contributed by atoms with Crippen LogP contribution in [0, 0.1) is 5.92 Å². The first kappa shape index (κ1) is 23.5. The van der Waals surface area contributed by atoms with Crippen LogP contribution in [0.25, 0.3) is 0 Å². The van der Waals surface area contributed by atoms with Crippen LogP contribution in [0.15, 0.2) is 4.99 Å². The molecule has 0 radical (unpaired) electrons. The maximum atomic E-state index is 11.6. The van der Waals surface area contributed by atoms with E-state index in [0.29, 0.717) is 13.1 Å². The minimum Gasteiger partial charge on any atom is -0.444 e. The standard InChI is InChI=1S/C20H41N5O2/c1-6-21-18(23-12-13-24-19(26)27-20(3,4)5)22-11-7-8-14-25-15-9-10-17(2)16-25/h17H,6-16H2,1-5H3,(H,24,26)(H2,21,22,23). The minimum atomic E-state index is -0.472. The normalized spacial score (nSPS) is 18.9. The summed E-state index contributed by atoms with van der Waals surface area (Å²) >= 11 is 0. The largest absolute Gasteiger partial charge is 0.444 e. The lowest BCUT2D eigenvalue weighted by Gasteiger charge is -2.30. The lowest BCUT2D eigenvalue weighted by atomic mass is 10.0. The van der Waals surface area contributed by atoms with Crippen molar-refractivity contribution < 1.29 is 9.53 Å². The molecule has 1 rings (SSSR count). The Bertz CT molecular complexity index is 448. The van der Waals surface area contributed by atoms with E-state index in [1.165, 1.54) is 38.9 Å². The van der Waals surface area contributed by atoms with Crippen LogP contribution in [0.1, 0.15) is 60.3 Å². The van der Waals surface area contributed by atoms with Gasteiger partial charge in [0.15, 0.2) is 5.96 Å². The zero-order chi connectivity index (χ0) is 20.1. The summed E-state index contributed by atoms with van der Waals surface area (Å²) in [5.41, 5.74) is -0.472. The molecule has 1 amide bonds. The number of piperidine rings is 1. The van der Waals surface area contributed by atoms with Gasteiger partial charge in [-0.1, -0.05) is 6.92 Å². The van der Waals surface area contributed by atoms with Gasteiger partial charge in [-0.05, 0) is 72.4 Å². The summed E-state index contributed by atoms with van der Waals surface area (Å²) in [6.45, 7) is 16.4. The predicted octanol–water partition coefficient (Wildman–Crippen LogP) is 2.58. The number of amides is 1. The summed E-state index contributed by atoms with van der Waals surface area (Å²) in [5, 5.41) is 9.22. The van der Waals surface area contributed by atoms with Gasteiger partial charge in [0.25, 0.3) is 0 Å². The van der Waals surface area contributed by atoms with E-state index in [4.69, 9.17) is 4.74 Å². The molecule has 27 heavy (non-hydrogen) atoms. The Morgan fingerprint density at radius 2 is 1.93 bits per heavy atom. The second-order valence-electron chi connectivity index (χ2n) is 8.37. The highest BCUT2D eigenvalue weighted by Crippen LogP contribution is 2.15. The van der Waals surface area contributed by atoms with Crippen molar-refractivity contribution in [1.82, 2.24) is 20.9 Å². The third-order valence-corrected chi connectivity index (χ3v) is 4.32. The van der Waals surface area contributed by atoms with Gasteiger partial charge in [-0.2, -0.15) is 0 Å². The number of aliphatic imine (C=N–C) groups is 1. The van der Waals surface area contributed by atoms with E-state index in [2.05, 4.69) is 32.8 Å². The number of likely N-dealkylation sites (tertiary alicyclic amines) is 1. The molecule has 1 aliphatic heterocycles. The van der Waals surface area contributed by atoms with E-state index in [1.54, 1.807) is 0 Å². The summed E-state index contributed by atoms with van der Waals surface area (Å²) in [6, 6.07) is 0. The Hall–Kier alpha value is -1.50. The van der Waals surface area contributed by atoms with E-state index in [-0.39, 0.29) is 0 Å². The number of carbonyl (C=O) groups is 1. The van der Waals surface area contributed by atoms with Crippen LogP contribution in [0.2, 0.25) is 0 Å². The van der Waals surface area contributed by atoms with Gasteiger partial charge < -0.3 is 25.6 Å². The van der Waals surface area contributed by atoms with Gasteiger partial charge in [-0.15, -0.1) is 0 Å².